The minimum atomic E-state index is -0.0303. The molecule has 2 rings (SSSR count). The maximum absolute atomic E-state index is 12.3. The molecule has 0 bridgehead atoms. The Bertz CT molecular complexity index is 510. The van der Waals surface area contributed by atoms with Crippen LogP contribution in [0.15, 0.2) is 18.2 Å². The third-order valence-corrected chi connectivity index (χ3v) is 4.22. The largest absolute Gasteiger partial charge is 0.482 e. The SMILES string of the molecule is CCOCC1CCCN(C(=O)COc2cc(Cl)ccc2Cl)C1. The van der Waals surface area contributed by atoms with Crippen molar-refractivity contribution in [3.05, 3.63) is 28.2 Å². The van der Waals surface area contributed by atoms with Gasteiger partial charge in [-0.25, -0.2) is 0 Å². The molecule has 0 aliphatic carbocycles. The molecule has 0 spiro atoms. The molecule has 0 saturated carbocycles. The topological polar surface area (TPSA) is 38.8 Å². The van der Waals surface area contributed by atoms with Crippen molar-refractivity contribution < 1.29 is 14.3 Å². The van der Waals surface area contributed by atoms with E-state index in [0.29, 0.717) is 34.9 Å². The number of rotatable bonds is 6. The van der Waals surface area contributed by atoms with Crippen molar-refractivity contribution in [1.29, 1.82) is 0 Å². The molecule has 4 nitrogen and oxygen atoms in total. The summed E-state index contributed by atoms with van der Waals surface area (Å²) in [4.78, 5) is 14.1. The maximum Gasteiger partial charge on any atom is 0.260 e. The number of ether oxygens (including phenoxy) is 2. The summed E-state index contributed by atoms with van der Waals surface area (Å²) in [7, 11) is 0. The number of halogens is 2. The summed E-state index contributed by atoms with van der Waals surface area (Å²) in [6.45, 7) is 4.87. The van der Waals surface area contributed by atoms with E-state index in [1.807, 2.05) is 11.8 Å². The van der Waals surface area contributed by atoms with Gasteiger partial charge in [0.25, 0.3) is 5.91 Å². The Morgan fingerprint density at radius 1 is 1.41 bits per heavy atom. The summed E-state index contributed by atoms with van der Waals surface area (Å²) < 4.78 is 11.0. The summed E-state index contributed by atoms with van der Waals surface area (Å²) in [5, 5.41) is 0.978. The average Bonchev–Trinajstić information content (AvgIpc) is 2.53. The van der Waals surface area contributed by atoms with Crippen molar-refractivity contribution in [2.45, 2.75) is 19.8 Å². The lowest BCUT2D eigenvalue weighted by molar-refractivity contribution is -0.135. The third-order valence-electron chi connectivity index (χ3n) is 3.67. The predicted molar refractivity (Wildman–Crippen MR) is 87.8 cm³/mol. The number of amides is 1. The van der Waals surface area contributed by atoms with Gasteiger partial charge in [-0.2, -0.15) is 0 Å². The molecule has 1 heterocycles. The molecule has 1 unspecified atom stereocenters. The third kappa shape index (κ3) is 5.04. The molecule has 1 aliphatic heterocycles. The van der Waals surface area contributed by atoms with Crippen molar-refractivity contribution in [3.63, 3.8) is 0 Å². The molecule has 1 atom stereocenters. The number of nitrogens with zero attached hydrogens (tertiary/aromatic N) is 1. The number of likely N-dealkylation sites (tertiary alicyclic amines) is 1. The molecular weight excluding hydrogens is 325 g/mol. The van der Waals surface area contributed by atoms with Gasteiger partial charge in [-0.3, -0.25) is 4.79 Å². The van der Waals surface area contributed by atoms with E-state index in [2.05, 4.69) is 0 Å². The zero-order chi connectivity index (χ0) is 15.9. The van der Waals surface area contributed by atoms with Gasteiger partial charge < -0.3 is 14.4 Å². The first-order valence-corrected chi connectivity index (χ1v) is 8.29. The highest BCUT2D eigenvalue weighted by Crippen LogP contribution is 2.27. The van der Waals surface area contributed by atoms with Crippen molar-refractivity contribution in [3.8, 4) is 5.75 Å². The van der Waals surface area contributed by atoms with E-state index in [0.717, 1.165) is 25.9 Å². The molecule has 6 heteroatoms. The second-order valence-corrected chi connectivity index (χ2v) is 6.21. The summed E-state index contributed by atoms with van der Waals surface area (Å²) >= 11 is 11.9. The van der Waals surface area contributed by atoms with E-state index in [1.54, 1.807) is 18.2 Å². The summed E-state index contributed by atoms with van der Waals surface area (Å²) in [6.07, 6.45) is 2.10. The van der Waals surface area contributed by atoms with E-state index in [4.69, 9.17) is 32.7 Å². The van der Waals surface area contributed by atoms with Crippen LogP contribution in [0.25, 0.3) is 0 Å². The van der Waals surface area contributed by atoms with Crippen LogP contribution in [0.4, 0.5) is 0 Å². The van der Waals surface area contributed by atoms with Crippen LogP contribution in [0.3, 0.4) is 0 Å². The highest BCUT2D eigenvalue weighted by molar-refractivity contribution is 6.34. The monoisotopic (exact) mass is 345 g/mol. The lowest BCUT2D eigenvalue weighted by Crippen LogP contribution is -2.43. The van der Waals surface area contributed by atoms with Gasteiger partial charge in [-0.15, -0.1) is 0 Å². The summed E-state index contributed by atoms with van der Waals surface area (Å²) in [5.74, 6) is 0.815. The Labute approximate surface area is 141 Å². The number of carbonyl (C=O) groups is 1. The first-order chi connectivity index (χ1) is 10.6. The van der Waals surface area contributed by atoms with Gasteiger partial charge in [0.1, 0.15) is 5.75 Å². The number of carbonyl (C=O) groups excluding carboxylic acids is 1. The summed E-state index contributed by atoms with van der Waals surface area (Å²) in [5.41, 5.74) is 0. The Hall–Kier alpha value is -0.970. The fourth-order valence-corrected chi connectivity index (χ4v) is 2.86. The smallest absolute Gasteiger partial charge is 0.260 e. The standard InChI is InChI=1S/C16H21Cl2NO3/c1-2-21-10-12-4-3-7-19(9-12)16(20)11-22-15-8-13(17)5-6-14(15)18/h5-6,8,12H,2-4,7,9-11H2,1H3. The van der Waals surface area contributed by atoms with Crippen molar-refractivity contribution in [2.24, 2.45) is 5.92 Å². The first-order valence-electron chi connectivity index (χ1n) is 7.53. The van der Waals surface area contributed by atoms with E-state index in [-0.39, 0.29) is 12.5 Å². The van der Waals surface area contributed by atoms with Crippen LogP contribution in [0, 0.1) is 5.92 Å². The molecule has 22 heavy (non-hydrogen) atoms. The van der Waals surface area contributed by atoms with Gasteiger partial charge in [-0.1, -0.05) is 23.2 Å². The highest BCUT2D eigenvalue weighted by Gasteiger charge is 2.24. The predicted octanol–water partition coefficient (Wildman–Crippen LogP) is 3.65. The summed E-state index contributed by atoms with van der Waals surface area (Å²) in [6, 6.07) is 4.95. The van der Waals surface area contributed by atoms with Crippen LogP contribution in [-0.2, 0) is 9.53 Å². The van der Waals surface area contributed by atoms with Gasteiger partial charge in [0.2, 0.25) is 0 Å². The first kappa shape index (κ1) is 17.4. The quantitative estimate of drug-likeness (QED) is 0.789. The van der Waals surface area contributed by atoms with Gasteiger partial charge in [0.05, 0.1) is 11.6 Å². The second kappa shape index (κ2) is 8.61. The minimum Gasteiger partial charge on any atom is -0.482 e. The molecule has 0 N–H and O–H groups in total. The number of piperidine rings is 1. The fraction of sp³-hybridized carbons (Fsp3) is 0.562. The minimum absolute atomic E-state index is 0.0264. The van der Waals surface area contributed by atoms with Crippen molar-refractivity contribution in [2.75, 3.05) is 32.9 Å². The van der Waals surface area contributed by atoms with Crippen LogP contribution in [0.5, 0.6) is 5.75 Å². The second-order valence-electron chi connectivity index (χ2n) is 5.37. The molecule has 1 saturated heterocycles. The molecule has 1 amide bonds. The van der Waals surface area contributed by atoms with Crippen LogP contribution in [0.1, 0.15) is 19.8 Å². The van der Waals surface area contributed by atoms with E-state index in [1.165, 1.54) is 0 Å². The zero-order valence-corrected chi connectivity index (χ0v) is 14.2. The molecule has 0 aromatic heterocycles. The molecule has 0 radical (unpaired) electrons. The van der Waals surface area contributed by atoms with E-state index in [9.17, 15) is 4.79 Å². The molecule has 1 aliphatic rings. The van der Waals surface area contributed by atoms with Gasteiger partial charge >= 0.3 is 0 Å². The van der Waals surface area contributed by atoms with Crippen LogP contribution >= 0.6 is 23.2 Å². The molecule has 1 fully saturated rings. The lowest BCUT2D eigenvalue weighted by Gasteiger charge is -2.32. The van der Waals surface area contributed by atoms with E-state index >= 15 is 0 Å². The van der Waals surface area contributed by atoms with Crippen LogP contribution in [-0.4, -0.2) is 43.7 Å². The van der Waals surface area contributed by atoms with Gasteiger partial charge in [0.15, 0.2) is 6.61 Å². The zero-order valence-electron chi connectivity index (χ0n) is 12.7. The van der Waals surface area contributed by atoms with Gasteiger partial charge in [0, 0.05) is 30.8 Å². The number of benzene rings is 1. The Morgan fingerprint density at radius 2 is 2.23 bits per heavy atom. The molecule has 1 aromatic carbocycles. The molecule has 1 aromatic rings. The van der Waals surface area contributed by atoms with Crippen LogP contribution < -0.4 is 4.74 Å². The van der Waals surface area contributed by atoms with Crippen molar-refractivity contribution >= 4 is 29.1 Å². The number of hydrogen-bond donors (Lipinski definition) is 0. The Kier molecular flexibility index (Phi) is 6.80. The lowest BCUT2D eigenvalue weighted by atomic mass is 9.99. The molecule has 122 valence electrons. The fourth-order valence-electron chi connectivity index (χ4n) is 2.53. The van der Waals surface area contributed by atoms with Crippen molar-refractivity contribution in [1.82, 2.24) is 4.90 Å². The normalized spacial score (nSPS) is 18.3. The average molecular weight is 346 g/mol. The Balaban J connectivity index is 1.85. The van der Waals surface area contributed by atoms with E-state index < -0.39 is 0 Å². The highest BCUT2D eigenvalue weighted by atomic mass is 35.5. The maximum atomic E-state index is 12.3. The number of hydrogen-bond acceptors (Lipinski definition) is 3. The van der Waals surface area contributed by atoms with Gasteiger partial charge in [-0.05, 0) is 37.8 Å². The molecular formula is C16H21Cl2NO3. The Morgan fingerprint density at radius 3 is 3.00 bits per heavy atom. The van der Waals surface area contributed by atoms with Crippen LogP contribution in [0.2, 0.25) is 10.0 Å².